The Labute approximate surface area is 115 Å². The first kappa shape index (κ1) is 13.6. The van der Waals surface area contributed by atoms with Gasteiger partial charge in [-0.2, -0.15) is 0 Å². The number of nitrogens with zero attached hydrogens (tertiary/aromatic N) is 2. The van der Waals surface area contributed by atoms with E-state index in [0.717, 1.165) is 12.2 Å². The molecule has 19 heavy (non-hydrogen) atoms. The Hall–Kier alpha value is -1.87. The van der Waals surface area contributed by atoms with Gasteiger partial charge in [0.05, 0.1) is 0 Å². The molecule has 2 N–H and O–H groups in total. The summed E-state index contributed by atoms with van der Waals surface area (Å²) in [5.74, 6) is 0.947. The number of nitrogens with two attached hydrogens (primary N) is 1. The van der Waals surface area contributed by atoms with Gasteiger partial charge >= 0.3 is 0 Å². The number of hydrogen-bond donors (Lipinski definition) is 1. The van der Waals surface area contributed by atoms with Crippen molar-refractivity contribution in [1.29, 1.82) is 0 Å². The molecule has 0 aliphatic carbocycles. The molecule has 1 aromatic heterocycles. The Bertz CT molecular complexity index is 532. The van der Waals surface area contributed by atoms with E-state index >= 15 is 0 Å². The van der Waals surface area contributed by atoms with E-state index < -0.39 is 0 Å². The van der Waals surface area contributed by atoms with Gasteiger partial charge in [-0.25, -0.2) is 4.98 Å². The number of hydrogen-bond acceptors (Lipinski definition) is 3. The molecule has 2 rings (SSSR count). The van der Waals surface area contributed by atoms with Crippen LogP contribution in [0.2, 0.25) is 0 Å². The zero-order chi connectivity index (χ0) is 13.8. The van der Waals surface area contributed by atoms with Crippen LogP contribution >= 0.6 is 0 Å². The highest BCUT2D eigenvalue weighted by Crippen LogP contribution is 2.24. The van der Waals surface area contributed by atoms with Crippen LogP contribution in [0.3, 0.4) is 0 Å². The molecule has 2 aromatic rings. The number of rotatable bonds is 4. The van der Waals surface area contributed by atoms with Crippen LogP contribution in [0.1, 0.15) is 18.1 Å². The Morgan fingerprint density at radius 3 is 2.53 bits per heavy atom. The predicted octanol–water partition coefficient (Wildman–Crippen LogP) is 3.05. The molecule has 0 amide bonds. The van der Waals surface area contributed by atoms with Crippen molar-refractivity contribution in [3.05, 3.63) is 53.7 Å². The molecule has 3 nitrogen and oxygen atoms in total. The topological polar surface area (TPSA) is 42.1 Å². The molecule has 1 unspecified atom stereocenters. The number of aryl methyl sites for hydroxylation is 1. The summed E-state index contributed by atoms with van der Waals surface area (Å²) in [5, 5.41) is 0. The molecular weight excluding hydrogens is 234 g/mol. The van der Waals surface area contributed by atoms with E-state index in [1.165, 1.54) is 16.8 Å². The predicted molar refractivity (Wildman–Crippen MR) is 80.8 cm³/mol. The second-order valence-corrected chi connectivity index (χ2v) is 5.05. The van der Waals surface area contributed by atoms with Crippen LogP contribution in [0.25, 0.3) is 0 Å². The van der Waals surface area contributed by atoms with E-state index in [2.05, 4.69) is 35.0 Å². The van der Waals surface area contributed by atoms with Crippen LogP contribution in [0.5, 0.6) is 0 Å². The summed E-state index contributed by atoms with van der Waals surface area (Å²) in [7, 11) is 2.04. The maximum Gasteiger partial charge on any atom is 0.132 e. The molecule has 0 saturated carbocycles. The third-order valence-corrected chi connectivity index (χ3v) is 3.19. The average molecular weight is 255 g/mol. The summed E-state index contributed by atoms with van der Waals surface area (Å²) in [4.78, 5) is 6.62. The maximum atomic E-state index is 5.80. The molecule has 0 saturated heterocycles. The van der Waals surface area contributed by atoms with Crippen molar-refractivity contribution in [3.8, 4) is 0 Å². The highest BCUT2D eigenvalue weighted by molar-refractivity contribution is 5.62. The summed E-state index contributed by atoms with van der Waals surface area (Å²) in [6.45, 7) is 4.11. The molecule has 1 aromatic carbocycles. The standard InChI is InChI=1S/C16H21N3/c1-12-6-4-5-7-15(12)19(3)16-9-8-14(11-18-16)10-13(2)17/h4-9,11,13H,10,17H2,1-3H3. The van der Waals surface area contributed by atoms with Gasteiger partial charge in [0, 0.05) is 25.0 Å². The van der Waals surface area contributed by atoms with E-state index in [1.807, 2.05) is 38.4 Å². The Kier molecular flexibility index (Phi) is 4.17. The fourth-order valence-corrected chi connectivity index (χ4v) is 2.17. The SMILES string of the molecule is Cc1ccccc1N(C)c1ccc(CC(C)N)cn1. The molecule has 0 spiro atoms. The monoisotopic (exact) mass is 255 g/mol. The van der Waals surface area contributed by atoms with Crippen molar-refractivity contribution in [3.63, 3.8) is 0 Å². The first-order chi connectivity index (χ1) is 9.08. The van der Waals surface area contributed by atoms with Crippen molar-refractivity contribution < 1.29 is 0 Å². The van der Waals surface area contributed by atoms with Crippen LogP contribution < -0.4 is 10.6 Å². The molecule has 1 heterocycles. The first-order valence-electron chi connectivity index (χ1n) is 6.58. The Morgan fingerprint density at radius 1 is 1.21 bits per heavy atom. The minimum atomic E-state index is 0.168. The Balaban J connectivity index is 2.20. The first-order valence-corrected chi connectivity index (χ1v) is 6.58. The van der Waals surface area contributed by atoms with Crippen molar-refractivity contribution in [2.24, 2.45) is 5.73 Å². The van der Waals surface area contributed by atoms with Gasteiger partial charge in [0.1, 0.15) is 5.82 Å². The largest absolute Gasteiger partial charge is 0.329 e. The lowest BCUT2D eigenvalue weighted by Crippen LogP contribution is -2.18. The molecule has 3 heteroatoms. The van der Waals surface area contributed by atoms with Crippen LogP contribution in [0.15, 0.2) is 42.6 Å². The molecular formula is C16H21N3. The van der Waals surface area contributed by atoms with Gasteiger partial charge in [-0.15, -0.1) is 0 Å². The molecule has 0 bridgehead atoms. The third-order valence-electron chi connectivity index (χ3n) is 3.19. The number of aromatic nitrogens is 1. The summed E-state index contributed by atoms with van der Waals surface area (Å²) >= 11 is 0. The second kappa shape index (κ2) is 5.85. The highest BCUT2D eigenvalue weighted by atomic mass is 15.2. The average Bonchev–Trinajstić information content (AvgIpc) is 2.39. The van der Waals surface area contributed by atoms with Gasteiger partial charge in [0.25, 0.3) is 0 Å². The van der Waals surface area contributed by atoms with E-state index in [-0.39, 0.29) is 6.04 Å². The van der Waals surface area contributed by atoms with Gasteiger partial charge in [-0.05, 0) is 43.5 Å². The van der Waals surface area contributed by atoms with Crippen molar-refractivity contribution in [2.45, 2.75) is 26.3 Å². The summed E-state index contributed by atoms with van der Waals surface area (Å²) < 4.78 is 0. The zero-order valence-electron chi connectivity index (χ0n) is 11.8. The van der Waals surface area contributed by atoms with Gasteiger partial charge in [-0.3, -0.25) is 0 Å². The van der Waals surface area contributed by atoms with Crippen LogP contribution in [0.4, 0.5) is 11.5 Å². The normalized spacial score (nSPS) is 12.2. The lowest BCUT2D eigenvalue weighted by Gasteiger charge is -2.20. The van der Waals surface area contributed by atoms with Crippen LogP contribution in [-0.2, 0) is 6.42 Å². The molecule has 0 radical (unpaired) electrons. The number of pyridine rings is 1. The van der Waals surface area contributed by atoms with Crippen molar-refractivity contribution in [1.82, 2.24) is 4.98 Å². The Morgan fingerprint density at radius 2 is 1.95 bits per heavy atom. The number of para-hydroxylation sites is 1. The number of benzene rings is 1. The number of anilines is 2. The van der Waals surface area contributed by atoms with Gasteiger partial charge < -0.3 is 10.6 Å². The van der Waals surface area contributed by atoms with E-state index in [1.54, 1.807) is 0 Å². The van der Waals surface area contributed by atoms with Crippen LogP contribution in [-0.4, -0.2) is 18.1 Å². The van der Waals surface area contributed by atoms with E-state index in [0.29, 0.717) is 0 Å². The highest BCUT2D eigenvalue weighted by Gasteiger charge is 2.07. The van der Waals surface area contributed by atoms with Gasteiger partial charge in [0.2, 0.25) is 0 Å². The van der Waals surface area contributed by atoms with Crippen molar-refractivity contribution >= 4 is 11.5 Å². The minimum Gasteiger partial charge on any atom is -0.329 e. The zero-order valence-corrected chi connectivity index (χ0v) is 11.8. The minimum absolute atomic E-state index is 0.168. The fourth-order valence-electron chi connectivity index (χ4n) is 2.17. The lowest BCUT2D eigenvalue weighted by molar-refractivity contribution is 0.735. The molecule has 1 atom stereocenters. The maximum absolute atomic E-state index is 5.80. The van der Waals surface area contributed by atoms with E-state index in [4.69, 9.17) is 5.73 Å². The smallest absolute Gasteiger partial charge is 0.132 e. The molecule has 0 aliphatic rings. The van der Waals surface area contributed by atoms with Crippen molar-refractivity contribution in [2.75, 3.05) is 11.9 Å². The lowest BCUT2D eigenvalue weighted by atomic mass is 10.1. The summed E-state index contributed by atoms with van der Waals surface area (Å²) in [6, 6.07) is 12.6. The van der Waals surface area contributed by atoms with E-state index in [9.17, 15) is 0 Å². The summed E-state index contributed by atoms with van der Waals surface area (Å²) in [6.07, 6.45) is 2.77. The van der Waals surface area contributed by atoms with Gasteiger partial charge in [-0.1, -0.05) is 24.3 Å². The fraction of sp³-hybridized carbons (Fsp3) is 0.312. The quantitative estimate of drug-likeness (QED) is 0.913. The molecule has 0 fully saturated rings. The second-order valence-electron chi connectivity index (χ2n) is 5.05. The summed E-state index contributed by atoms with van der Waals surface area (Å²) in [5.41, 5.74) is 9.39. The third kappa shape index (κ3) is 3.32. The molecule has 100 valence electrons. The molecule has 0 aliphatic heterocycles. The van der Waals surface area contributed by atoms with Crippen LogP contribution in [0, 0.1) is 6.92 Å². The van der Waals surface area contributed by atoms with Gasteiger partial charge in [0.15, 0.2) is 0 Å².